The summed E-state index contributed by atoms with van der Waals surface area (Å²) in [5.41, 5.74) is 2.94. The van der Waals surface area contributed by atoms with Crippen molar-refractivity contribution in [2.45, 2.75) is 18.7 Å². The van der Waals surface area contributed by atoms with E-state index in [0.717, 1.165) is 23.0 Å². The molecule has 1 heterocycles. The molecule has 4 nitrogen and oxygen atoms in total. The van der Waals surface area contributed by atoms with Crippen LogP contribution in [0.5, 0.6) is 11.8 Å². The Morgan fingerprint density at radius 2 is 1.79 bits per heavy atom. The van der Waals surface area contributed by atoms with Crippen molar-refractivity contribution in [3.8, 4) is 11.8 Å². The number of ether oxygens (including phenoxy) is 1. The summed E-state index contributed by atoms with van der Waals surface area (Å²) in [5.74, 6) is 0.663. The van der Waals surface area contributed by atoms with Crippen LogP contribution < -0.4 is 4.74 Å². The van der Waals surface area contributed by atoms with Gasteiger partial charge in [0, 0.05) is 12.4 Å². The number of halogens is 1. The first-order valence-electron chi connectivity index (χ1n) is 5.77. The standard InChI is InChI=1S/C14H13BrN2O2/c1-9-6-11(19-14-16-4-3-5-17-14)7-10(2)13(9)12(15)8-18/h3-8,12H,1-2H3. The molecule has 1 unspecified atom stereocenters. The molecule has 0 amide bonds. The van der Waals surface area contributed by atoms with Crippen molar-refractivity contribution < 1.29 is 9.53 Å². The number of nitrogens with zero attached hydrogens (tertiary/aromatic N) is 2. The van der Waals surface area contributed by atoms with Gasteiger partial charge in [-0.15, -0.1) is 0 Å². The molecular formula is C14H13BrN2O2. The Morgan fingerprint density at radius 1 is 1.21 bits per heavy atom. The predicted molar refractivity (Wildman–Crippen MR) is 75.8 cm³/mol. The van der Waals surface area contributed by atoms with E-state index in [1.807, 2.05) is 26.0 Å². The van der Waals surface area contributed by atoms with E-state index in [9.17, 15) is 4.79 Å². The van der Waals surface area contributed by atoms with Gasteiger partial charge in [-0.3, -0.25) is 0 Å². The van der Waals surface area contributed by atoms with Gasteiger partial charge in [0.15, 0.2) is 0 Å². The summed E-state index contributed by atoms with van der Waals surface area (Å²) in [6, 6.07) is 5.78. The summed E-state index contributed by atoms with van der Waals surface area (Å²) < 4.78 is 5.58. The van der Waals surface area contributed by atoms with Crippen LogP contribution in [0.1, 0.15) is 21.5 Å². The maximum Gasteiger partial charge on any atom is 0.321 e. The molecular weight excluding hydrogens is 308 g/mol. The smallest absolute Gasteiger partial charge is 0.321 e. The molecule has 5 heteroatoms. The summed E-state index contributed by atoms with van der Waals surface area (Å²) in [6.45, 7) is 3.89. The van der Waals surface area contributed by atoms with Gasteiger partial charge in [-0.2, -0.15) is 0 Å². The van der Waals surface area contributed by atoms with Crippen LogP contribution in [-0.4, -0.2) is 16.3 Å². The topological polar surface area (TPSA) is 52.1 Å². The normalized spacial score (nSPS) is 11.9. The monoisotopic (exact) mass is 320 g/mol. The summed E-state index contributed by atoms with van der Waals surface area (Å²) in [4.78, 5) is 18.6. The zero-order valence-electron chi connectivity index (χ0n) is 10.6. The minimum Gasteiger partial charge on any atom is -0.424 e. The summed E-state index contributed by atoms with van der Waals surface area (Å²) in [5, 5.41) is 0. The van der Waals surface area contributed by atoms with Crippen molar-refractivity contribution in [1.29, 1.82) is 0 Å². The second kappa shape index (κ2) is 5.93. The molecule has 1 aromatic heterocycles. The minimum atomic E-state index is -0.297. The third-order valence-electron chi connectivity index (χ3n) is 2.71. The highest BCUT2D eigenvalue weighted by atomic mass is 79.9. The second-order valence-electron chi connectivity index (χ2n) is 4.14. The largest absolute Gasteiger partial charge is 0.424 e. The van der Waals surface area contributed by atoms with Crippen LogP contribution in [0.4, 0.5) is 0 Å². The fourth-order valence-corrected chi connectivity index (χ4v) is 2.66. The molecule has 2 rings (SSSR count). The van der Waals surface area contributed by atoms with Crippen LogP contribution >= 0.6 is 15.9 Å². The van der Waals surface area contributed by atoms with Gasteiger partial charge in [-0.1, -0.05) is 15.9 Å². The highest BCUT2D eigenvalue weighted by Crippen LogP contribution is 2.31. The predicted octanol–water partition coefficient (Wildman–Crippen LogP) is 3.52. The van der Waals surface area contributed by atoms with E-state index in [1.54, 1.807) is 18.5 Å². The Labute approximate surface area is 120 Å². The van der Waals surface area contributed by atoms with Crippen LogP contribution in [0.25, 0.3) is 0 Å². The van der Waals surface area contributed by atoms with Crippen molar-refractivity contribution in [3.05, 3.63) is 47.3 Å². The van der Waals surface area contributed by atoms with Gasteiger partial charge in [0.25, 0.3) is 0 Å². The van der Waals surface area contributed by atoms with Crippen LogP contribution in [0.2, 0.25) is 0 Å². The molecule has 98 valence electrons. The number of alkyl halides is 1. The molecule has 0 aliphatic rings. The fourth-order valence-electron chi connectivity index (χ4n) is 1.94. The third-order valence-corrected chi connectivity index (χ3v) is 3.39. The van der Waals surface area contributed by atoms with Crippen LogP contribution in [-0.2, 0) is 4.79 Å². The second-order valence-corrected chi connectivity index (χ2v) is 5.13. The average Bonchev–Trinajstić information content (AvgIpc) is 2.38. The molecule has 0 aliphatic carbocycles. The van der Waals surface area contributed by atoms with Crippen molar-refractivity contribution in [2.24, 2.45) is 0 Å². The lowest BCUT2D eigenvalue weighted by atomic mass is 10.00. The molecule has 0 fully saturated rings. The summed E-state index contributed by atoms with van der Waals surface area (Å²) in [7, 11) is 0. The first-order chi connectivity index (χ1) is 9.11. The Bertz CT molecular complexity index is 564. The zero-order valence-corrected chi connectivity index (χ0v) is 12.2. The minimum absolute atomic E-state index is 0.297. The first-order valence-corrected chi connectivity index (χ1v) is 6.68. The number of hydrogen-bond acceptors (Lipinski definition) is 4. The van der Waals surface area contributed by atoms with E-state index in [-0.39, 0.29) is 4.83 Å². The van der Waals surface area contributed by atoms with Gasteiger partial charge in [-0.25, -0.2) is 9.97 Å². The van der Waals surface area contributed by atoms with E-state index in [2.05, 4.69) is 25.9 Å². The van der Waals surface area contributed by atoms with Gasteiger partial charge in [0.05, 0.1) is 4.83 Å². The van der Waals surface area contributed by atoms with E-state index in [0.29, 0.717) is 11.8 Å². The van der Waals surface area contributed by atoms with E-state index >= 15 is 0 Å². The molecule has 0 radical (unpaired) electrons. The quantitative estimate of drug-likeness (QED) is 0.639. The molecule has 0 spiro atoms. The number of carbonyl (C=O) groups is 1. The molecule has 1 atom stereocenters. The summed E-state index contributed by atoms with van der Waals surface area (Å²) in [6.07, 6.45) is 4.12. The number of aromatic nitrogens is 2. The average molecular weight is 321 g/mol. The van der Waals surface area contributed by atoms with E-state index in [4.69, 9.17) is 4.74 Å². The molecule has 2 aromatic rings. The Morgan fingerprint density at radius 3 is 2.32 bits per heavy atom. The van der Waals surface area contributed by atoms with Crippen molar-refractivity contribution in [3.63, 3.8) is 0 Å². The molecule has 0 aliphatic heterocycles. The lowest BCUT2D eigenvalue weighted by molar-refractivity contribution is -0.107. The molecule has 1 aromatic carbocycles. The summed E-state index contributed by atoms with van der Waals surface area (Å²) >= 11 is 3.34. The van der Waals surface area contributed by atoms with Crippen LogP contribution in [0.15, 0.2) is 30.6 Å². The van der Waals surface area contributed by atoms with Crippen LogP contribution in [0.3, 0.4) is 0 Å². The number of rotatable bonds is 4. The zero-order chi connectivity index (χ0) is 13.8. The number of hydrogen-bond donors (Lipinski definition) is 0. The number of carbonyl (C=O) groups excluding carboxylic acids is 1. The number of aryl methyl sites for hydroxylation is 2. The van der Waals surface area contributed by atoms with Gasteiger partial charge < -0.3 is 9.53 Å². The van der Waals surface area contributed by atoms with Crippen molar-refractivity contribution in [1.82, 2.24) is 9.97 Å². The molecule has 0 saturated carbocycles. The Balaban J connectivity index is 2.32. The van der Waals surface area contributed by atoms with Gasteiger partial charge in [-0.05, 0) is 48.7 Å². The number of aldehydes is 1. The molecule has 0 saturated heterocycles. The fraction of sp³-hybridized carbons (Fsp3) is 0.214. The third kappa shape index (κ3) is 3.17. The molecule has 0 bridgehead atoms. The maximum atomic E-state index is 10.9. The van der Waals surface area contributed by atoms with E-state index < -0.39 is 0 Å². The highest BCUT2D eigenvalue weighted by Gasteiger charge is 2.14. The first kappa shape index (κ1) is 13.7. The maximum absolute atomic E-state index is 10.9. The van der Waals surface area contributed by atoms with Crippen molar-refractivity contribution >= 4 is 22.2 Å². The van der Waals surface area contributed by atoms with Crippen LogP contribution in [0, 0.1) is 13.8 Å². The highest BCUT2D eigenvalue weighted by molar-refractivity contribution is 9.09. The number of benzene rings is 1. The Kier molecular flexibility index (Phi) is 4.27. The lowest BCUT2D eigenvalue weighted by Gasteiger charge is -2.13. The lowest BCUT2D eigenvalue weighted by Crippen LogP contribution is -2.00. The van der Waals surface area contributed by atoms with Gasteiger partial charge in [0.1, 0.15) is 12.0 Å². The van der Waals surface area contributed by atoms with Gasteiger partial charge >= 0.3 is 6.01 Å². The SMILES string of the molecule is Cc1cc(Oc2ncccn2)cc(C)c1C(Br)C=O. The van der Waals surface area contributed by atoms with E-state index in [1.165, 1.54) is 0 Å². The molecule has 0 N–H and O–H groups in total. The molecule has 19 heavy (non-hydrogen) atoms. The Hall–Kier alpha value is -1.75. The van der Waals surface area contributed by atoms with Gasteiger partial charge in [0.2, 0.25) is 0 Å². The van der Waals surface area contributed by atoms with Crippen molar-refractivity contribution in [2.75, 3.05) is 0 Å².